The molecule has 1 heterocycles. The van der Waals surface area contributed by atoms with Gasteiger partial charge >= 0.3 is 0 Å². The summed E-state index contributed by atoms with van der Waals surface area (Å²) in [6.45, 7) is 0. The maximum absolute atomic E-state index is 10.6. The Labute approximate surface area is 83.7 Å². The van der Waals surface area contributed by atoms with Crippen molar-refractivity contribution < 1.29 is 4.79 Å². The SMILES string of the molecule is O=Cc1ccc2cccnc2c1Br. The van der Waals surface area contributed by atoms with E-state index < -0.39 is 0 Å². The van der Waals surface area contributed by atoms with E-state index in [4.69, 9.17) is 0 Å². The highest BCUT2D eigenvalue weighted by molar-refractivity contribution is 9.10. The summed E-state index contributed by atoms with van der Waals surface area (Å²) < 4.78 is 0.764. The third-order valence-corrected chi connectivity index (χ3v) is 2.70. The molecule has 0 unspecified atom stereocenters. The summed E-state index contributed by atoms with van der Waals surface area (Å²) in [5, 5.41) is 1.03. The third kappa shape index (κ3) is 1.35. The molecule has 0 fully saturated rings. The minimum atomic E-state index is 0.631. The monoisotopic (exact) mass is 235 g/mol. The van der Waals surface area contributed by atoms with Gasteiger partial charge < -0.3 is 0 Å². The van der Waals surface area contributed by atoms with E-state index in [2.05, 4.69) is 20.9 Å². The summed E-state index contributed by atoms with van der Waals surface area (Å²) in [5.41, 5.74) is 1.46. The molecular formula is C10H6BrNO. The first-order valence-corrected chi connectivity index (χ1v) is 4.60. The molecule has 1 aromatic carbocycles. The van der Waals surface area contributed by atoms with Gasteiger partial charge in [0.05, 0.1) is 9.99 Å². The zero-order valence-electron chi connectivity index (χ0n) is 6.70. The molecule has 0 aliphatic heterocycles. The van der Waals surface area contributed by atoms with Crippen molar-refractivity contribution in [3.8, 4) is 0 Å². The summed E-state index contributed by atoms with van der Waals surface area (Å²) >= 11 is 3.35. The van der Waals surface area contributed by atoms with E-state index in [0.29, 0.717) is 5.56 Å². The van der Waals surface area contributed by atoms with Crippen LogP contribution in [0.15, 0.2) is 34.9 Å². The fourth-order valence-electron chi connectivity index (χ4n) is 1.22. The molecule has 3 heteroatoms. The topological polar surface area (TPSA) is 30.0 Å². The van der Waals surface area contributed by atoms with Crippen molar-refractivity contribution in [1.82, 2.24) is 4.98 Å². The van der Waals surface area contributed by atoms with Crippen molar-refractivity contribution in [3.63, 3.8) is 0 Å². The minimum Gasteiger partial charge on any atom is -0.298 e. The van der Waals surface area contributed by atoms with Crippen LogP contribution in [0.3, 0.4) is 0 Å². The molecule has 0 spiro atoms. The number of rotatable bonds is 1. The molecule has 0 radical (unpaired) electrons. The first-order chi connectivity index (χ1) is 6.33. The van der Waals surface area contributed by atoms with Crippen LogP contribution in [0, 0.1) is 0 Å². The van der Waals surface area contributed by atoms with Gasteiger partial charge in [0, 0.05) is 17.1 Å². The van der Waals surface area contributed by atoms with E-state index in [9.17, 15) is 4.79 Å². The van der Waals surface area contributed by atoms with Gasteiger partial charge in [-0.2, -0.15) is 0 Å². The number of aromatic nitrogens is 1. The number of hydrogen-bond donors (Lipinski definition) is 0. The second-order valence-electron chi connectivity index (χ2n) is 2.66. The lowest BCUT2D eigenvalue weighted by molar-refractivity contribution is 0.112. The summed E-state index contributed by atoms with van der Waals surface area (Å²) in [6.07, 6.45) is 2.53. The Morgan fingerprint density at radius 2 is 2.15 bits per heavy atom. The van der Waals surface area contributed by atoms with Crippen molar-refractivity contribution >= 4 is 33.1 Å². The number of pyridine rings is 1. The number of hydrogen-bond acceptors (Lipinski definition) is 2. The second kappa shape index (κ2) is 3.26. The van der Waals surface area contributed by atoms with Gasteiger partial charge in [0.1, 0.15) is 0 Å². The van der Waals surface area contributed by atoms with E-state index in [0.717, 1.165) is 21.7 Å². The highest BCUT2D eigenvalue weighted by Crippen LogP contribution is 2.24. The van der Waals surface area contributed by atoms with Crippen molar-refractivity contribution in [3.05, 3.63) is 40.5 Å². The van der Waals surface area contributed by atoms with Gasteiger partial charge in [0.15, 0.2) is 6.29 Å². The maximum atomic E-state index is 10.6. The molecule has 13 heavy (non-hydrogen) atoms. The number of carbonyl (C=O) groups excluding carboxylic acids is 1. The molecule has 0 amide bonds. The first-order valence-electron chi connectivity index (χ1n) is 3.81. The Balaban J connectivity index is 2.86. The normalized spacial score (nSPS) is 10.2. The van der Waals surface area contributed by atoms with Crippen molar-refractivity contribution in [2.45, 2.75) is 0 Å². The number of fused-ring (bicyclic) bond motifs is 1. The van der Waals surface area contributed by atoms with Crippen molar-refractivity contribution in [2.75, 3.05) is 0 Å². The number of benzene rings is 1. The summed E-state index contributed by atoms with van der Waals surface area (Å²) in [7, 11) is 0. The predicted molar refractivity (Wildman–Crippen MR) is 54.8 cm³/mol. The molecule has 0 aliphatic rings. The largest absolute Gasteiger partial charge is 0.298 e. The van der Waals surface area contributed by atoms with E-state index in [-0.39, 0.29) is 0 Å². The summed E-state index contributed by atoms with van der Waals surface area (Å²) in [5.74, 6) is 0. The summed E-state index contributed by atoms with van der Waals surface area (Å²) in [6, 6.07) is 7.49. The number of aldehydes is 1. The molecule has 64 valence electrons. The van der Waals surface area contributed by atoms with Gasteiger partial charge in [0.2, 0.25) is 0 Å². The minimum absolute atomic E-state index is 0.631. The predicted octanol–water partition coefficient (Wildman–Crippen LogP) is 2.81. The van der Waals surface area contributed by atoms with Crippen LogP contribution in [-0.4, -0.2) is 11.3 Å². The lowest BCUT2D eigenvalue weighted by atomic mass is 10.1. The van der Waals surface area contributed by atoms with Crippen LogP contribution < -0.4 is 0 Å². The van der Waals surface area contributed by atoms with Crippen LogP contribution in [0.1, 0.15) is 10.4 Å². The molecule has 2 aromatic rings. The van der Waals surface area contributed by atoms with Crippen LogP contribution in [0.25, 0.3) is 10.9 Å². The molecule has 0 atom stereocenters. The molecule has 0 aliphatic carbocycles. The fraction of sp³-hybridized carbons (Fsp3) is 0. The zero-order chi connectivity index (χ0) is 9.26. The smallest absolute Gasteiger partial charge is 0.151 e. The molecule has 0 saturated heterocycles. The average molecular weight is 236 g/mol. The van der Waals surface area contributed by atoms with Crippen LogP contribution >= 0.6 is 15.9 Å². The van der Waals surface area contributed by atoms with Gasteiger partial charge in [-0.15, -0.1) is 0 Å². The third-order valence-electron chi connectivity index (χ3n) is 1.87. The van der Waals surface area contributed by atoms with Crippen molar-refractivity contribution in [1.29, 1.82) is 0 Å². The highest BCUT2D eigenvalue weighted by Gasteiger charge is 2.03. The molecule has 2 nitrogen and oxygen atoms in total. The van der Waals surface area contributed by atoms with E-state index in [1.165, 1.54) is 0 Å². The van der Waals surface area contributed by atoms with Crippen molar-refractivity contribution in [2.24, 2.45) is 0 Å². The Morgan fingerprint density at radius 3 is 2.92 bits per heavy atom. The number of halogens is 1. The van der Waals surface area contributed by atoms with Crippen LogP contribution in [0.4, 0.5) is 0 Å². The second-order valence-corrected chi connectivity index (χ2v) is 3.45. The molecule has 2 rings (SSSR count). The van der Waals surface area contributed by atoms with E-state index in [1.807, 2.05) is 18.2 Å². The van der Waals surface area contributed by atoms with Gasteiger partial charge in [-0.1, -0.05) is 12.1 Å². The van der Waals surface area contributed by atoms with E-state index >= 15 is 0 Å². The maximum Gasteiger partial charge on any atom is 0.151 e. The van der Waals surface area contributed by atoms with Gasteiger partial charge in [0.25, 0.3) is 0 Å². The van der Waals surface area contributed by atoms with Gasteiger partial charge in [-0.3, -0.25) is 9.78 Å². The molecule has 1 aromatic heterocycles. The van der Waals surface area contributed by atoms with Crippen LogP contribution in [0.2, 0.25) is 0 Å². The molecule has 0 bridgehead atoms. The lowest BCUT2D eigenvalue weighted by Crippen LogP contribution is -1.86. The first kappa shape index (κ1) is 8.38. The fourth-order valence-corrected chi connectivity index (χ4v) is 1.77. The Kier molecular flexibility index (Phi) is 2.10. The summed E-state index contributed by atoms with van der Waals surface area (Å²) in [4.78, 5) is 14.8. The standard InChI is InChI=1S/C10H6BrNO/c11-9-8(6-13)4-3-7-2-1-5-12-10(7)9/h1-6H. The van der Waals surface area contributed by atoms with Gasteiger partial charge in [-0.05, 0) is 28.1 Å². The molecular weight excluding hydrogens is 230 g/mol. The zero-order valence-corrected chi connectivity index (χ0v) is 8.28. The molecule has 0 N–H and O–H groups in total. The molecule has 0 saturated carbocycles. The Hall–Kier alpha value is -1.22. The Bertz CT molecular complexity index is 467. The van der Waals surface area contributed by atoms with Gasteiger partial charge in [-0.25, -0.2) is 0 Å². The average Bonchev–Trinajstić information content (AvgIpc) is 2.19. The highest BCUT2D eigenvalue weighted by atomic mass is 79.9. The van der Waals surface area contributed by atoms with Crippen LogP contribution in [0.5, 0.6) is 0 Å². The van der Waals surface area contributed by atoms with E-state index in [1.54, 1.807) is 12.3 Å². The lowest BCUT2D eigenvalue weighted by Gasteiger charge is -2.00. The van der Waals surface area contributed by atoms with Crippen LogP contribution in [-0.2, 0) is 0 Å². The quantitative estimate of drug-likeness (QED) is 0.712. The number of nitrogens with zero attached hydrogens (tertiary/aromatic N) is 1. The Morgan fingerprint density at radius 1 is 1.31 bits per heavy atom. The number of carbonyl (C=O) groups is 1.